The van der Waals surface area contributed by atoms with Gasteiger partial charge in [-0.15, -0.1) is 0 Å². The zero-order chi connectivity index (χ0) is 29.5. The first-order chi connectivity index (χ1) is 18.0. The van der Waals surface area contributed by atoms with Crippen LogP contribution in [0.4, 0.5) is 32.2 Å². The van der Waals surface area contributed by atoms with E-state index in [1.54, 1.807) is 4.90 Å². The van der Waals surface area contributed by atoms with Gasteiger partial charge in [0.1, 0.15) is 5.82 Å². The number of pyridine rings is 1. The number of carbonyl (C=O) groups is 3. The van der Waals surface area contributed by atoms with Crippen LogP contribution in [-0.4, -0.2) is 95.5 Å². The molecule has 0 spiro atoms. The first-order valence-electron chi connectivity index (χ1n) is 12.3. The highest BCUT2D eigenvalue weighted by Crippen LogP contribution is 2.32. The van der Waals surface area contributed by atoms with Crippen LogP contribution in [0.15, 0.2) is 6.07 Å². The van der Waals surface area contributed by atoms with Crippen LogP contribution in [0.25, 0.3) is 0 Å². The lowest BCUT2D eigenvalue weighted by atomic mass is 10.0. The standard InChI is InChI=1S/C20H30N4O.2C2HF3O2/c1-23(2)20(25)17-11-16-7-9-24(13-15-5-6-15)10-8-18(16)22-19(17)21-12-14-3-4-14;2*3-2(4,5)1(6)7/h11,14-15H,3-10,12-13H2,1-2H3,(H,21,22);2*(H,6,7). The fraction of sp³-hybridized carbons (Fsp3) is 0.667. The molecular weight excluding hydrogens is 538 g/mol. The molecule has 4 rings (SSSR count). The Kier molecular flexibility index (Phi) is 11.0. The number of nitrogens with zero attached hydrogens (tertiary/aromatic N) is 3. The van der Waals surface area contributed by atoms with Crippen LogP contribution in [0.1, 0.15) is 47.3 Å². The molecule has 39 heavy (non-hydrogen) atoms. The summed E-state index contributed by atoms with van der Waals surface area (Å²) in [5.41, 5.74) is 3.19. The predicted molar refractivity (Wildman–Crippen MR) is 127 cm³/mol. The molecule has 9 nitrogen and oxygen atoms in total. The summed E-state index contributed by atoms with van der Waals surface area (Å²) < 4.78 is 63.5. The van der Waals surface area contributed by atoms with Gasteiger partial charge < -0.3 is 25.3 Å². The SMILES string of the molecule is CN(C)C(=O)c1cc2c(nc1NCC1CC1)CCN(CC1CC1)CC2.O=C(O)C(F)(F)F.O=C(O)C(F)(F)F. The number of anilines is 1. The van der Waals surface area contributed by atoms with Crippen molar-refractivity contribution in [2.75, 3.05) is 45.6 Å². The summed E-state index contributed by atoms with van der Waals surface area (Å²) in [7, 11) is 3.63. The Morgan fingerprint density at radius 2 is 1.44 bits per heavy atom. The van der Waals surface area contributed by atoms with E-state index in [0.29, 0.717) is 0 Å². The quantitative estimate of drug-likeness (QED) is 0.443. The van der Waals surface area contributed by atoms with E-state index in [-0.39, 0.29) is 5.91 Å². The van der Waals surface area contributed by atoms with E-state index in [1.165, 1.54) is 43.5 Å². The molecule has 1 amide bonds. The highest BCUT2D eigenvalue weighted by molar-refractivity contribution is 5.98. The normalized spacial score (nSPS) is 17.3. The molecule has 0 unspecified atom stereocenters. The number of fused-ring (bicyclic) bond motifs is 1. The fourth-order valence-electron chi connectivity index (χ4n) is 3.63. The van der Waals surface area contributed by atoms with Crippen LogP contribution in [0.5, 0.6) is 0 Å². The summed E-state index contributed by atoms with van der Waals surface area (Å²) in [6.07, 6.45) is -2.77. The van der Waals surface area contributed by atoms with Gasteiger partial charge in [0.25, 0.3) is 5.91 Å². The number of aromatic nitrogens is 1. The zero-order valence-electron chi connectivity index (χ0n) is 21.5. The molecule has 1 aromatic heterocycles. The Morgan fingerprint density at radius 1 is 0.949 bits per heavy atom. The molecule has 0 radical (unpaired) electrons. The number of carbonyl (C=O) groups excluding carboxylic acids is 1. The fourth-order valence-corrected chi connectivity index (χ4v) is 3.63. The number of nitrogens with one attached hydrogen (secondary N) is 1. The molecule has 0 atom stereocenters. The highest BCUT2D eigenvalue weighted by Gasteiger charge is 2.39. The maximum Gasteiger partial charge on any atom is 0.490 e. The molecule has 15 heteroatoms. The van der Waals surface area contributed by atoms with Crippen molar-refractivity contribution >= 4 is 23.7 Å². The summed E-state index contributed by atoms with van der Waals surface area (Å²) in [5, 5.41) is 17.7. The van der Waals surface area contributed by atoms with Crippen LogP contribution >= 0.6 is 0 Å². The van der Waals surface area contributed by atoms with Gasteiger partial charge in [0.15, 0.2) is 0 Å². The van der Waals surface area contributed by atoms with E-state index >= 15 is 0 Å². The molecule has 2 fully saturated rings. The summed E-state index contributed by atoms with van der Waals surface area (Å²) in [4.78, 5) is 39.6. The smallest absolute Gasteiger partial charge is 0.475 e. The Morgan fingerprint density at radius 3 is 1.87 bits per heavy atom. The van der Waals surface area contributed by atoms with Gasteiger partial charge in [0.2, 0.25) is 0 Å². The molecule has 2 aliphatic carbocycles. The molecule has 2 saturated carbocycles. The lowest BCUT2D eigenvalue weighted by molar-refractivity contribution is -0.193. The first kappa shape index (κ1) is 32.1. The highest BCUT2D eigenvalue weighted by atomic mass is 19.4. The second kappa shape index (κ2) is 13.3. The Labute approximate surface area is 221 Å². The minimum absolute atomic E-state index is 0.0488. The Bertz CT molecular complexity index is 999. The molecule has 2 heterocycles. The maximum atomic E-state index is 12.7. The van der Waals surface area contributed by atoms with Gasteiger partial charge >= 0.3 is 24.3 Å². The van der Waals surface area contributed by atoms with Gasteiger partial charge in [-0.05, 0) is 55.6 Å². The van der Waals surface area contributed by atoms with Gasteiger partial charge in [-0.2, -0.15) is 26.3 Å². The second-order valence-electron chi connectivity index (χ2n) is 9.86. The van der Waals surface area contributed by atoms with Crippen molar-refractivity contribution in [3.8, 4) is 0 Å². The molecule has 3 aliphatic rings. The van der Waals surface area contributed by atoms with Crippen molar-refractivity contribution in [3.05, 3.63) is 22.9 Å². The van der Waals surface area contributed by atoms with Crippen LogP contribution in [-0.2, 0) is 22.4 Å². The van der Waals surface area contributed by atoms with Crippen LogP contribution in [0.2, 0.25) is 0 Å². The Hall–Kier alpha value is -3.10. The summed E-state index contributed by atoms with van der Waals surface area (Å²) >= 11 is 0. The molecule has 1 aliphatic heterocycles. The predicted octanol–water partition coefficient (Wildman–Crippen LogP) is 3.68. The van der Waals surface area contributed by atoms with Gasteiger partial charge in [0.05, 0.1) is 5.56 Å². The molecule has 0 saturated heterocycles. The molecule has 3 N–H and O–H groups in total. The average Bonchev–Trinajstić information content (AvgIpc) is 3.73. The minimum atomic E-state index is -5.08. The third kappa shape index (κ3) is 11.3. The van der Waals surface area contributed by atoms with E-state index in [0.717, 1.165) is 55.7 Å². The average molecular weight is 571 g/mol. The van der Waals surface area contributed by atoms with Crippen LogP contribution in [0.3, 0.4) is 0 Å². The van der Waals surface area contributed by atoms with E-state index in [1.807, 2.05) is 14.1 Å². The van der Waals surface area contributed by atoms with Crippen molar-refractivity contribution < 1.29 is 50.9 Å². The van der Waals surface area contributed by atoms with Gasteiger partial charge in [-0.25, -0.2) is 14.6 Å². The van der Waals surface area contributed by atoms with E-state index in [9.17, 15) is 31.1 Å². The number of hydrogen-bond acceptors (Lipinski definition) is 6. The molecule has 1 aromatic rings. The number of halogens is 6. The summed E-state index contributed by atoms with van der Waals surface area (Å²) in [5.74, 6) is -2.99. The third-order valence-electron chi connectivity index (χ3n) is 6.14. The van der Waals surface area contributed by atoms with Gasteiger partial charge in [0, 0.05) is 52.4 Å². The lowest BCUT2D eigenvalue weighted by Gasteiger charge is -2.18. The minimum Gasteiger partial charge on any atom is -0.475 e. The zero-order valence-corrected chi connectivity index (χ0v) is 21.5. The number of alkyl halides is 6. The second-order valence-corrected chi connectivity index (χ2v) is 9.86. The van der Waals surface area contributed by atoms with Crippen molar-refractivity contribution in [1.82, 2.24) is 14.8 Å². The number of carboxylic acids is 2. The number of carboxylic acid groups (broad SMARTS) is 2. The molecular formula is C24H32F6N4O5. The van der Waals surface area contributed by atoms with E-state index in [2.05, 4.69) is 16.3 Å². The number of amides is 1. The molecule has 0 aromatic carbocycles. The summed E-state index contributed by atoms with van der Waals surface area (Å²) in [6, 6.07) is 2.11. The number of hydrogen-bond donors (Lipinski definition) is 3. The van der Waals surface area contributed by atoms with E-state index in [4.69, 9.17) is 24.8 Å². The molecule has 220 valence electrons. The largest absolute Gasteiger partial charge is 0.490 e. The van der Waals surface area contributed by atoms with Crippen molar-refractivity contribution in [2.45, 2.75) is 50.9 Å². The monoisotopic (exact) mass is 570 g/mol. The molecule has 0 bridgehead atoms. The van der Waals surface area contributed by atoms with Crippen molar-refractivity contribution in [2.24, 2.45) is 11.8 Å². The number of aliphatic carboxylic acids is 2. The van der Waals surface area contributed by atoms with Gasteiger partial charge in [-0.3, -0.25) is 4.79 Å². The van der Waals surface area contributed by atoms with Gasteiger partial charge in [-0.1, -0.05) is 0 Å². The van der Waals surface area contributed by atoms with Crippen LogP contribution in [0, 0.1) is 11.8 Å². The third-order valence-corrected chi connectivity index (χ3v) is 6.14. The van der Waals surface area contributed by atoms with E-state index < -0.39 is 24.3 Å². The maximum absolute atomic E-state index is 12.7. The Balaban J connectivity index is 0.000000317. The number of rotatable bonds is 6. The van der Waals surface area contributed by atoms with Crippen LogP contribution < -0.4 is 5.32 Å². The first-order valence-corrected chi connectivity index (χ1v) is 12.3. The lowest BCUT2D eigenvalue weighted by Crippen LogP contribution is -2.28. The summed E-state index contributed by atoms with van der Waals surface area (Å²) in [6.45, 7) is 4.37. The topological polar surface area (TPSA) is 123 Å². The van der Waals surface area contributed by atoms with Crippen molar-refractivity contribution in [1.29, 1.82) is 0 Å². The van der Waals surface area contributed by atoms with Crippen molar-refractivity contribution in [3.63, 3.8) is 0 Å².